The van der Waals surface area contributed by atoms with Crippen LogP contribution in [0.4, 0.5) is 0 Å². The van der Waals surface area contributed by atoms with Gasteiger partial charge in [-0.15, -0.1) is 0 Å². The van der Waals surface area contributed by atoms with E-state index in [1.807, 2.05) is 0 Å². The normalized spacial score (nSPS) is 23.5. The second-order valence-electron chi connectivity index (χ2n) is 5.84. The van der Waals surface area contributed by atoms with Gasteiger partial charge in [0.15, 0.2) is 0 Å². The molecule has 1 saturated heterocycles. The third kappa shape index (κ3) is 5.32. The van der Waals surface area contributed by atoms with E-state index in [1.165, 1.54) is 0 Å². The largest absolute Gasteiger partial charge is 0.393 e. The van der Waals surface area contributed by atoms with Crippen LogP contribution in [0.1, 0.15) is 47.0 Å². The molecule has 4 heteroatoms. The third-order valence-electron chi connectivity index (χ3n) is 3.37. The first-order valence-corrected chi connectivity index (χ1v) is 6.91. The standard InChI is InChI=1S/C13H26N2OS/c1-10(2)15(8-6-12(14)17)9-11-5-7-13(3,4)16-11/h10-11H,5-9H2,1-4H3,(H2,14,17). The molecule has 2 N–H and O–H groups in total. The summed E-state index contributed by atoms with van der Waals surface area (Å²) in [7, 11) is 0. The molecule has 1 aliphatic heterocycles. The maximum Gasteiger partial charge on any atom is 0.0740 e. The van der Waals surface area contributed by atoms with Gasteiger partial charge in [-0.05, 0) is 40.5 Å². The second kappa shape index (κ2) is 6.12. The number of thiocarbonyl (C=S) groups is 1. The van der Waals surface area contributed by atoms with E-state index in [2.05, 4.69) is 32.6 Å². The first kappa shape index (κ1) is 14.9. The van der Waals surface area contributed by atoms with Crippen LogP contribution in [0.2, 0.25) is 0 Å². The van der Waals surface area contributed by atoms with Crippen molar-refractivity contribution in [3.63, 3.8) is 0 Å². The predicted molar refractivity (Wildman–Crippen MR) is 76.3 cm³/mol. The van der Waals surface area contributed by atoms with E-state index in [1.54, 1.807) is 0 Å². The summed E-state index contributed by atoms with van der Waals surface area (Å²) in [6.45, 7) is 10.7. The molecule has 1 rings (SSSR count). The molecule has 0 aliphatic carbocycles. The van der Waals surface area contributed by atoms with Gasteiger partial charge in [-0.25, -0.2) is 0 Å². The van der Waals surface area contributed by atoms with Crippen LogP contribution in [0.15, 0.2) is 0 Å². The van der Waals surface area contributed by atoms with Crippen molar-refractivity contribution in [2.75, 3.05) is 13.1 Å². The van der Waals surface area contributed by atoms with Crippen molar-refractivity contribution >= 4 is 17.2 Å². The lowest BCUT2D eigenvalue weighted by molar-refractivity contribution is -0.0317. The van der Waals surface area contributed by atoms with Crippen LogP contribution in [0.25, 0.3) is 0 Å². The minimum Gasteiger partial charge on any atom is -0.393 e. The Morgan fingerprint density at radius 1 is 1.53 bits per heavy atom. The van der Waals surface area contributed by atoms with E-state index in [4.69, 9.17) is 22.7 Å². The first-order valence-electron chi connectivity index (χ1n) is 6.50. The SMILES string of the molecule is CC(C)N(CCC(N)=S)CC1CCC(C)(C)O1. The lowest BCUT2D eigenvalue weighted by Gasteiger charge is -2.29. The van der Waals surface area contributed by atoms with Gasteiger partial charge in [0.25, 0.3) is 0 Å². The monoisotopic (exact) mass is 258 g/mol. The minimum atomic E-state index is 0.0521. The predicted octanol–water partition coefficient (Wildman–Crippen LogP) is 2.33. The Kier molecular flexibility index (Phi) is 5.35. The molecule has 3 nitrogen and oxygen atoms in total. The van der Waals surface area contributed by atoms with E-state index in [9.17, 15) is 0 Å². The summed E-state index contributed by atoms with van der Waals surface area (Å²) >= 11 is 4.94. The summed E-state index contributed by atoms with van der Waals surface area (Å²) in [5, 5.41) is 0. The molecule has 100 valence electrons. The van der Waals surface area contributed by atoms with E-state index in [0.29, 0.717) is 17.1 Å². The van der Waals surface area contributed by atoms with Crippen molar-refractivity contribution in [2.24, 2.45) is 5.73 Å². The quantitative estimate of drug-likeness (QED) is 0.742. The van der Waals surface area contributed by atoms with Crippen LogP contribution in [-0.2, 0) is 4.74 Å². The highest BCUT2D eigenvalue weighted by molar-refractivity contribution is 7.80. The molecule has 0 aromatic heterocycles. The Labute approximate surface area is 111 Å². The van der Waals surface area contributed by atoms with Crippen LogP contribution < -0.4 is 5.73 Å². The zero-order valence-electron chi connectivity index (χ0n) is 11.5. The average molecular weight is 258 g/mol. The maximum atomic E-state index is 6.03. The number of rotatable bonds is 6. The van der Waals surface area contributed by atoms with Crippen LogP contribution in [-0.4, -0.2) is 40.7 Å². The lowest BCUT2D eigenvalue weighted by atomic mass is 10.1. The van der Waals surface area contributed by atoms with Crippen molar-refractivity contribution in [1.29, 1.82) is 0 Å². The molecule has 1 fully saturated rings. The van der Waals surface area contributed by atoms with Gasteiger partial charge in [-0.3, -0.25) is 4.90 Å². The summed E-state index contributed by atoms with van der Waals surface area (Å²) < 4.78 is 6.03. The second-order valence-corrected chi connectivity index (χ2v) is 6.37. The highest BCUT2D eigenvalue weighted by Gasteiger charge is 2.32. The van der Waals surface area contributed by atoms with E-state index >= 15 is 0 Å². The molecule has 1 atom stereocenters. The highest BCUT2D eigenvalue weighted by atomic mass is 32.1. The van der Waals surface area contributed by atoms with Crippen molar-refractivity contribution in [1.82, 2.24) is 4.90 Å². The highest BCUT2D eigenvalue weighted by Crippen LogP contribution is 2.29. The van der Waals surface area contributed by atoms with Gasteiger partial charge >= 0.3 is 0 Å². The Morgan fingerprint density at radius 3 is 2.59 bits per heavy atom. The smallest absolute Gasteiger partial charge is 0.0740 e. The lowest BCUT2D eigenvalue weighted by Crippen LogP contribution is -2.39. The fraction of sp³-hybridized carbons (Fsp3) is 0.923. The maximum absolute atomic E-state index is 6.03. The van der Waals surface area contributed by atoms with Crippen LogP contribution in [0.5, 0.6) is 0 Å². The molecule has 0 amide bonds. The Morgan fingerprint density at radius 2 is 2.18 bits per heavy atom. The molecule has 1 aliphatic rings. The molecule has 0 bridgehead atoms. The van der Waals surface area contributed by atoms with Crippen molar-refractivity contribution in [3.8, 4) is 0 Å². The van der Waals surface area contributed by atoms with Gasteiger partial charge in [0, 0.05) is 25.6 Å². The summed E-state index contributed by atoms with van der Waals surface area (Å²) in [6.07, 6.45) is 3.46. The van der Waals surface area contributed by atoms with Crippen LogP contribution in [0, 0.1) is 0 Å². The molecule has 0 radical (unpaired) electrons. The molecule has 0 saturated carbocycles. The average Bonchev–Trinajstić information content (AvgIpc) is 2.52. The Hall–Kier alpha value is -0.190. The van der Waals surface area contributed by atoms with Gasteiger partial charge in [-0.2, -0.15) is 0 Å². The molecule has 1 unspecified atom stereocenters. The van der Waals surface area contributed by atoms with Crippen molar-refractivity contribution in [3.05, 3.63) is 0 Å². The number of hydrogen-bond donors (Lipinski definition) is 1. The molecular formula is C13H26N2OS. The molecule has 0 spiro atoms. The Bertz CT molecular complexity index is 266. The Balaban J connectivity index is 2.42. The van der Waals surface area contributed by atoms with E-state index in [-0.39, 0.29) is 5.60 Å². The van der Waals surface area contributed by atoms with Gasteiger partial charge in [0.2, 0.25) is 0 Å². The van der Waals surface area contributed by atoms with Crippen LogP contribution in [0.3, 0.4) is 0 Å². The number of ether oxygens (including phenoxy) is 1. The van der Waals surface area contributed by atoms with Gasteiger partial charge in [-0.1, -0.05) is 12.2 Å². The molecule has 17 heavy (non-hydrogen) atoms. The first-order chi connectivity index (χ1) is 7.80. The summed E-state index contributed by atoms with van der Waals surface area (Å²) in [5.74, 6) is 0. The topological polar surface area (TPSA) is 38.5 Å². The van der Waals surface area contributed by atoms with E-state index in [0.717, 1.165) is 32.4 Å². The minimum absolute atomic E-state index is 0.0521. The summed E-state index contributed by atoms with van der Waals surface area (Å²) in [5.41, 5.74) is 5.62. The summed E-state index contributed by atoms with van der Waals surface area (Å²) in [6, 6.07) is 0.511. The van der Waals surface area contributed by atoms with E-state index < -0.39 is 0 Å². The van der Waals surface area contributed by atoms with Gasteiger partial charge in [0.05, 0.1) is 16.7 Å². The summed E-state index contributed by atoms with van der Waals surface area (Å²) in [4.78, 5) is 3.01. The van der Waals surface area contributed by atoms with Crippen molar-refractivity contribution < 1.29 is 4.74 Å². The van der Waals surface area contributed by atoms with Crippen molar-refractivity contribution in [2.45, 2.75) is 64.7 Å². The molecule has 1 heterocycles. The molecule has 0 aromatic rings. The zero-order chi connectivity index (χ0) is 13.1. The number of nitrogens with zero attached hydrogens (tertiary/aromatic N) is 1. The number of hydrogen-bond acceptors (Lipinski definition) is 3. The molecular weight excluding hydrogens is 232 g/mol. The van der Waals surface area contributed by atoms with Gasteiger partial charge < -0.3 is 10.5 Å². The van der Waals surface area contributed by atoms with Crippen LogP contribution >= 0.6 is 12.2 Å². The fourth-order valence-electron chi connectivity index (χ4n) is 2.28. The molecule has 0 aromatic carbocycles. The zero-order valence-corrected chi connectivity index (χ0v) is 12.3. The fourth-order valence-corrected chi connectivity index (χ4v) is 2.37. The third-order valence-corrected chi connectivity index (χ3v) is 3.57. The number of nitrogens with two attached hydrogens (primary N) is 1. The van der Waals surface area contributed by atoms with Gasteiger partial charge in [0.1, 0.15) is 0 Å².